The van der Waals surface area contributed by atoms with Crippen LogP contribution in [0.3, 0.4) is 0 Å². The number of nitrogens with zero attached hydrogens (tertiary/aromatic N) is 2. The standard InChI is InChI=1S/C11H20N4O2/c1-8(16)11(2,3)14-10(17)9-6-15(5-4-12)7-13-9/h6-8,16H,4-5,12H2,1-3H3,(H,14,17). The molecule has 4 N–H and O–H groups in total. The fourth-order valence-electron chi connectivity index (χ4n) is 1.21. The second-order valence-electron chi connectivity index (χ2n) is 4.64. The van der Waals surface area contributed by atoms with Gasteiger partial charge in [-0.2, -0.15) is 0 Å². The van der Waals surface area contributed by atoms with Crippen molar-refractivity contribution in [1.29, 1.82) is 0 Å². The Kier molecular flexibility index (Phi) is 4.25. The van der Waals surface area contributed by atoms with Crippen molar-refractivity contribution in [2.75, 3.05) is 6.54 Å². The van der Waals surface area contributed by atoms with Gasteiger partial charge in [-0.25, -0.2) is 4.98 Å². The number of aliphatic hydroxyl groups is 1. The van der Waals surface area contributed by atoms with Crippen molar-refractivity contribution < 1.29 is 9.90 Å². The summed E-state index contributed by atoms with van der Waals surface area (Å²) in [5.74, 6) is -0.299. The fraction of sp³-hybridized carbons (Fsp3) is 0.636. The number of aliphatic hydroxyl groups excluding tert-OH is 1. The average Bonchev–Trinajstić information content (AvgIpc) is 2.66. The normalized spacial score (nSPS) is 13.5. The van der Waals surface area contributed by atoms with Crippen LogP contribution in [0.1, 0.15) is 31.3 Å². The Morgan fingerprint density at radius 1 is 1.71 bits per heavy atom. The van der Waals surface area contributed by atoms with Crippen molar-refractivity contribution in [2.24, 2.45) is 5.73 Å². The number of hydrogen-bond donors (Lipinski definition) is 3. The van der Waals surface area contributed by atoms with Gasteiger partial charge in [0.05, 0.1) is 18.0 Å². The van der Waals surface area contributed by atoms with E-state index in [-0.39, 0.29) is 5.91 Å². The lowest BCUT2D eigenvalue weighted by atomic mass is 9.99. The smallest absolute Gasteiger partial charge is 0.271 e. The summed E-state index contributed by atoms with van der Waals surface area (Å²) in [4.78, 5) is 15.8. The van der Waals surface area contributed by atoms with E-state index in [9.17, 15) is 9.90 Å². The molecule has 0 spiro atoms. The highest BCUT2D eigenvalue weighted by atomic mass is 16.3. The Bertz CT molecular complexity index is 385. The number of nitrogens with one attached hydrogen (secondary N) is 1. The molecule has 1 atom stereocenters. The second kappa shape index (κ2) is 5.29. The minimum absolute atomic E-state index is 0.299. The zero-order valence-corrected chi connectivity index (χ0v) is 10.5. The van der Waals surface area contributed by atoms with Gasteiger partial charge in [0.15, 0.2) is 0 Å². The molecular formula is C11H20N4O2. The number of nitrogens with two attached hydrogens (primary N) is 1. The van der Waals surface area contributed by atoms with Crippen LogP contribution in [0, 0.1) is 0 Å². The molecule has 1 amide bonds. The average molecular weight is 240 g/mol. The molecule has 17 heavy (non-hydrogen) atoms. The number of carbonyl (C=O) groups excluding carboxylic acids is 1. The van der Waals surface area contributed by atoms with Gasteiger partial charge < -0.3 is 20.7 Å². The summed E-state index contributed by atoms with van der Waals surface area (Å²) < 4.78 is 1.75. The summed E-state index contributed by atoms with van der Waals surface area (Å²) in [7, 11) is 0. The number of carbonyl (C=O) groups is 1. The molecule has 1 aromatic rings. The van der Waals surface area contributed by atoms with E-state index < -0.39 is 11.6 Å². The van der Waals surface area contributed by atoms with Gasteiger partial charge in [-0.05, 0) is 20.8 Å². The zero-order chi connectivity index (χ0) is 13.1. The van der Waals surface area contributed by atoms with Gasteiger partial charge in [0.1, 0.15) is 5.69 Å². The highest BCUT2D eigenvalue weighted by Crippen LogP contribution is 2.09. The molecule has 0 bridgehead atoms. The summed E-state index contributed by atoms with van der Waals surface area (Å²) in [6.45, 7) is 6.27. The molecule has 0 saturated carbocycles. The van der Waals surface area contributed by atoms with Gasteiger partial charge in [-0.15, -0.1) is 0 Å². The van der Waals surface area contributed by atoms with Crippen LogP contribution in [0.4, 0.5) is 0 Å². The molecule has 0 aliphatic heterocycles. The number of amides is 1. The Morgan fingerprint density at radius 3 is 2.88 bits per heavy atom. The van der Waals surface area contributed by atoms with Crippen molar-refractivity contribution >= 4 is 5.91 Å². The number of imidazole rings is 1. The van der Waals surface area contributed by atoms with E-state index in [0.717, 1.165) is 0 Å². The monoisotopic (exact) mass is 240 g/mol. The molecule has 1 aromatic heterocycles. The van der Waals surface area contributed by atoms with E-state index in [1.165, 1.54) is 0 Å². The Hall–Kier alpha value is -1.40. The molecule has 0 fully saturated rings. The van der Waals surface area contributed by atoms with Crippen LogP contribution in [-0.2, 0) is 6.54 Å². The second-order valence-corrected chi connectivity index (χ2v) is 4.64. The van der Waals surface area contributed by atoms with E-state index in [2.05, 4.69) is 10.3 Å². The maximum Gasteiger partial charge on any atom is 0.271 e. The molecule has 0 aliphatic rings. The molecule has 0 saturated heterocycles. The van der Waals surface area contributed by atoms with Crippen LogP contribution in [-0.4, -0.2) is 38.8 Å². The van der Waals surface area contributed by atoms with E-state index in [1.54, 1.807) is 37.9 Å². The van der Waals surface area contributed by atoms with E-state index in [4.69, 9.17) is 5.73 Å². The molecule has 1 unspecified atom stereocenters. The minimum Gasteiger partial charge on any atom is -0.391 e. The van der Waals surface area contributed by atoms with E-state index >= 15 is 0 Å². The molecule has 0 radical (unpaired) electrons. The van der Waals surface area contributed by atoms with Gasteiger partial charge in [0.25, 0.3) is 5.91 Å². The largest absolute Gasteiger partial charge is 0.391 e. The Balaban J connectivity index is 2.69. The van der Waals surface area contributed by atoms with Crippen molar-refractivity contribution in [2.45, 2.75) is 39.0 Å². The molecule has 6 heteroatoms. The topological polar surface area (TPSA) is 93.2 Å². The maximum absolute atomic E-state index is 11.9. The van der Waals surface area contributed by atoms with Gasteiger partial charge in [0.2, 0.25) is 0 Å². The lowest BCUT2D eigenvalue weighted by Gasteiger charge is -2.28. The first-order valence-electron chi connectivity index (χ1n) is 5.59. The highest BCUT2D eigenvalue weighted by Gasteiger charge is 2.27. The third-order valence-corrected chi connectivity index (χ3v) is 2.73. The van der Waals surface area contributed by atoms with Crippen molar-refractivity contribution in [3.63, 3.8) is 0 Å². The van der Waals surface area contributed by atoms with Crippen LogP contribution < -0.4 is 11.1 Å². The zero-order valence-electron chi connectivity index (χ0n) is 10.5. The molecule has 0 aromatic carbocycles. The third kappa shape index (κ3) is 3.54. The SMILES string of the molecule is CC(O)C(C)(C)NC(=O)c1cn(CCN)cn1. The number of aromatic nitrogens is 2. The summed E-state index contributed by atoms with van der Waals surface area (Å²) >= 11 is 0. The van der Waals surface area contributed by atoms with Gasteiger partial charge >= 0.3 is 0 Å². The quantitative estimate of drug-likeness (QED) is 0.660. The molecular weight excluding hydrogens is 220 g/mol. The molecule has 96 valence electrons. The van der Waals surface area contributed by atoms with Gasteiger partial charge in [0, 0.05) is 19.3 Å². The van der Waals surface area contributed by atoms with Crippen LogP contribution in [0.15, 0.2) is 12.5 Å². The predicted molar refractivity (Wildman–Crippen MR) is 64.5 cm³/mol. The lowest BCUT2D eigenvalue weighted by molar-refractivity contribution is 0.0705. The van der Waals surface area contributed by atoms with Crippen LogP contribution in [0.2, 0.25) is 0 Å². The van der Waals surface area contributed by atoms with Crippen molar-refractivity contribution in [1.82, 2.24) is 14.9 Å². The summed E-state index contributed by atoms with van der Waals surface area (Å²) in [5.41, 5.74) is 5.05. The Morgan fingerprint density at radius 2 is 2.35 bits per heavy atom. The minimum atomic E-state index is -0.686. The molecule has 6 nitrogen and oxygen atoms in total. The number of rotatable bonds is 5. The highest BCUT2D eigenvalue weighted by molar-refractivity contribution is 5.92. The molecule has 0 aliphatic carbocycles. The van der Waals surface area contributed by atoms with Crippen LogP contribution in [0.5, 0.6) is 0 Å². The van der Waals surface area contributed by atoms with E-state index in [0.29, 0.717) is 18.8 Å². The molecule has 1 rings (SSSR count). The predicted octanol–water partition coefficient (Wildman–Crippen LogP) is -0.269. The first-order chi connectivity index (χ1) is 7.86. The maximum atomic E-state index is 11.9. The van der Waals surface area contributed by atoms with Crippen molar-refractivity contribution in [3.8, 4) is 0 Å². The summed E-state index contributed by atoms with van der Waals surface area (Å²) in [6.07, 6.45) is 2.56. The van der Waals surface area contributed by atoms with Gasteiger partial charge in [-0.1, -0.05) is 0 Å². The molecule has 1 heterocycles. The van der Waals surface area contributed by atoms with Gasteiger partial charge in [-0.3, -0.25) is 4.79 Å². The third-order valence-electron chi connectivity index (χ3n) is 2.73. The summed E-state index contributed by atoms with van der Waals surface area (Å²) in [6, 6.07) is 0. The number of hydrogen-bond acceptors (Lipinski definition) is 4. The summed E-state index contributed by atoms with van der Waals surface area (Å²) in [5, 5.41) is 12.2. The Labute approximate surface area is 101 Å². The van der Waals surface area contributed by atoms with Crippen LogP contribution in [0.25, 0.3) is 0 Å². The first-order valence-corrected chi connectivity index (χ1v) is 5.59. The lowest BCUT2D eigenvalue weighted by Crippen LogP contribution is -2.51. The van der Waals surface area contributed by atoms with Crippen LogP contribution >= 0.6 is 0 Å². The fourth-order valence-corrected chi connectivity index (χ4v) is 1.21. The first kappa shape index (κ1) is 13.7. The van der Waals surface area contributed by atoms with Crippen molar-refractivity contribution in [3.05, 3.63) is 18.2 Å². The van der Waals surface area contributed by atoms with E-state index in [1.807, 2.05) is 0 Å².